The largest absolute Gasteiger partial charge is 0.381 e. The lowest BCUT2D eigenvalue weighted by molar-refractivity contribution is 0.0536. The van der Waals surface area contributed by atoms with Crippen molar-refractivity contribution in [2.75, 3.05) is 13.2 Å². The van der Waals surface area contributed by atoms with Gasteiger partial charge in [-0.2, -0.15) is 0 Å². The molecule has 5 heteroatoms. The Hall–Kier alpha value is -0.130. The van der Waals surface area contributed by atoms with Gasteiger partial charge in [-0.15, -0.1) is 0 Å². The number of hydrogen-bond donors (Lipinski definition) is 2. The van der Waals surface area contributed by atoms with Crippen LogP contribution in [0.15, 0.2) is 22.7 Å². The normalized spacial score (nSPS) is 19.2. The minimum absolute atomic E-state index is 0.160. The average Bonchev–Trinajstić information content (AvgIpc) is 2.36. The number of nitrogens with two attached hydrogens (primary N) is 1. The molecule has 1 aliphatic heterocycles. The molecule has 1 fully saturated rings. The summed E-state index contributed by atoms with van der Waals surface area (Å²) in [6, 6.07) is 6.10. The maximum Gasteiger partial charge on any atom is 0.0548 e. The first-order chi connectivity index (χ1) is 8.22. The Kier molecular flexibility index (Phi) is 4.82. The lowest BCUT2D eigenvalue weighted by atomic mass is 9.87. The van der Waals surface area contributed by atoms with Gasteiger partial charge in [-0.1, -0.05) is 17.7 Å². The molecular formula is C12H16BrClN2O. The summed E-state index contributed by atoms with van der Waals surface area (Å²) in [7, 11) is 0. The molecule has 0 radical (unpaired) electrons. The van der Waals surface area contributed by atoms with Gasteiger partial charge >= 0.3 is 0 Å². The van der Waals surface area contributed by atoms with E-state index in [4.69, 9.17) is 22.2 Å². The van der Waals surface area contributed by atoms with E-state index in [1.54, 1.807) is 0 Å². The van der Waals surface area contributed by atoms with Crippen LogP contribution in [0.5, 0.6) is 0 Å². The van der Waals surface area contributed by atoms with Gasteiger partial charge in [-0.3, -0.25) is 11.3 Å². The van der Waals surface area contributed by atoms with Crippen LogP contribution < -0.4 is 11.3 Å². The molecule has 0 saturated carbocycles. The predicted octanol–water partition coefficient (Wildman–Crippen LogP) is 3.03. The maximum absolute atomic E-state index is 6.00. The van der Waals surface area contributed by atoms with Gasteiger partial charge in [0, 0.05) is 23.7 Å². The van der Waals surface area contributed by atoms with E-state index in [0.29, 0.717) is 5.92 Å². The third kappa shape index (κ3) is 3.20. The van der Waals surface area contributed by atoms with Gasteiger partial charge in [0.1, 0.15) is 0 Å². The number of rotatable bonds is 3. The van der Waals surface area contributed by atoms with E-state index in [0.717, 1.165) is 41.1 Å². The van der Waals surface area contributed by atoms with E-state index in [2.05, 4.69) is 21.4 Å². The van der Waals surface area contributed by atoms with E-state index >= 15 is 0 Å². The van der Waals surface area contributed by atoms with Crippen LogP contribution in [0.2, 0.25) is 5.02 Å². The first-order valence-corrected chi connectivity index (χ1v) is 6.88. The van der Waals surface area contributed by atoms with Gasteiger partial charge in [0.25, 0.3) is 0 Å². The molecule has 1 aliphatic rings. The first-order valence-electron chi connectivity index (χ1n) is 5.71. The zero-order chi connectivity index (χ0) is 12.3. The number of halogens is 2. The van der Waals surface area contributed by atoms with Crippen molar-refractivity contribution >= 4 is 27.5 Å². The lowest BCUT2D eigenvalue weighted by Gasteiger charge is -2.30. The molecule has 0 bridgehead atoms. The molecule has 0 aliphatic carbocycles. The highest BCUT2D eigenvalue weighted by atomic mass is 79.9. The van der Waals surface area contributed by atoms with Crippen molar-refractivity contribution in [1.29, 1.82) is 0 Å². The highest BCUT2D eigenvalue weighted by molar-refractivity contribution is 9.10. The number of nitrogens with one attached hydrogen (secondary N) is 1. The molecule has 3 N–H and O–H groups in total. The second-order valence-electron chi connectivity index (χ2n) is 4.27. The Morgan fingerprint density at radius 1 is 1.41 bits per heavy atom. The van der Waals surface area contributed by atoms with Crippen LogP contribution in [-0.4, -0.2) is 13.2 Å². The third-order valence-electron chi connectivity index (χ3n) is 3.22. The van der Waals surface area contributed by atoms with E-state index in [1.807, 2.05) is 18.2 Å². The highest BCUT2D eigenvalue weighted by Crippen LogP contribution is 2.32. The van der Waals surface area contributed by atoms with Gasteiger partial charge < -0.3 is 4.74 Å². The van der Waals surface area contributed by atoms with Crippen LogP contribution in [-0.2, 0) is 4.74 Å². The van der Waals surface area contributed by atoms with Gasteiger partial charge in [0.2, 0.25) is 0 Å². The summed E-state index contributed by atoms with van der Waals surface area (Å²) in [5.41, 5.74) is 4.08. The fourth-order valence-electron chi connectivity index (χ4n) is 2.26. The molecule has 1 saturated heterocycles. The minimum atomic E-state index is 0.160. The van der Waals surface area contributed by atoms with E-state index in [1.165, 1.54) is 0 Å². The van der Waals surface area contributed by atoms with Gasteiger partial charge in [0.15, 0.2) is 0 Å². The highest BCUT2D eigenvalue weighted by Gasteiger charge is 2.24. The molecule has 1 unspecified atom stereocenters. The number of hydrogen-bond acceptors (Lipinski definition) is 3. The zero-order valence-corrected chi connectivity index (χ0v) is 11.8. The fraction of sp³-hybridized carbons (Fsp3) is 0.500. The lowest BCUT2D eigenvalue weighted by Crippen LogP contribution is -2.36. The molecule has 1 aromatic carbocycles. The number of ether oxygens (including phenoxy) is 1. The Morgan fingerprint density at radius 3 is 2.71 bits per heavy atom. The predicted molar refractivity (Wildman–Crippen MR) is 72.8 cm³/mol. The summed E-state index contributed by atoms with van der Waals surface area (Å²) in [6.07, 6.45) is 2.07. The topological polar surface area (TPSA) is 47.3 Å². The molecule has 94 valence electrons. The Labute approximate surface area is 115 Å². The SMILES string of the molecule is NNC(c1ccc(Cl)c(Br)c1)C1CCOCC1. The van der Waals surface area contributed by atoms with Gasteiger partial charge in [-0.25, -0.2) is 0 Å². The van der Waals surface area contributed by atoms with Crippen LogP contribution in [0.25, 0.3) is 0 Å². The van der Waals surface area contributed by atoms with Gasteiger partial charge in [0.05, 0.1) is 5.02 Å². The van der Waals surface area contributed by atoms with E-state index < -0.39 is 0 Å². The van der Waals surface area contributed by atoms with Crippen LogP contribution >= 0.6 is 27.5 Å². The standard InChI is InChI=1S/C12H16BrClN2O/c13-10-7-9(1-2-11(10)14)12(16-15)8-3-5-17-6-4-8/h1-2,7-8,12,16H,3-6,15H2. The van der Waals surface area contributed by atoms with E-state index in [-0.39, 0.29) is 6.04 Å². The molecule has 17 heavy (non-hydrogen) atoms. The van der Waals surface area contributed by atoms with Crippen molar-refractivity contribution in [1.82, 2.24) is 5.43 Å². The second kappa shape index (κ2) is 6.16. The summed E-state index contributed by atoms with van der Waals surface area (Å²) >= 11 is 9.44. The van der Waals surface area contributed by atoms with Crippen molar-refractivity contribution in [3.8, 4) is 0 Å². The molecule has 1 aromatic rings. The van der Waals surface area contributed by atoms with Crippen molar-refractivity contribution in [2.24, 2.45) is 11.8 Å². The van der Waals surface area contributed by atoms with Crippen LogP contribution in [0.3, 0.4) is 0 Å². The summed E-state index contributed by atoms with van der Waals surface area (Å²) in [6.45, 7) is 1.63. The number of benzene rings is 1. The van der Waals surface area contributed by atoms with Crippen molar-refractivity contribution < 1.29 is 4.74 Å². The van der Waals surface area contributed by atoms with Crippen molar-refractivity contribution in [2.45, 2.75) is 18.9 Å². The Morgan fingerprint density at radius 2 is 2.12 bits per heavy atom. The Balaban J connectivity index is 2.18. The molecule has 0 spiro atoms. The van der Waals surface area contributed by atoms with Crippen molar-refractivity contribution in [3.63, 3.8) is 0 Å². The molecule has 0 aromatic heterocycles. The summed E-state index contributed by atoms with van der Waals surface area (Å²) in [5, 5.41) is 0.719. The molecule has 2 rings (SSSR count). The molecule has 3 nitrogen and oxygen atoms in total. The quantitative estimate of drug-likeness (QED) is 0.665. The molecule has 0 amide bonds. The average molecular weight is 320 g/mol. The summed E-state index contributed by atoms with van der Waals surface area (Å²) in [4.78, 5) is 0. The zero-order valence-electron chi connectivity index (χ0n) is 9.46. The van der Waals surface area contributed by atoms with Crippen LogP contribution in [0.1, 0.15) is 24.4 Å². The number of hydrazine groups is 1. The van der Waals surface area contributed by atoms with Crippen molar-refractivity contribution in [3.05, 3.63) is 33.3 Å². The second-order valence-corrected chi connectivity index (χ2v) is 5.53. The van der Waals surface area contributed by atoms with Crippen LogP contribution in [0, 0.1) is 5.92 Å². The summed E-state index contributed by atoms with van der Waals surface area (Å²) in [5.74, 6) is 6.20. The Bertz CT molecular complexity index is 383. The smallest absolute Gasteiger partial charge is 0.0548 e. The maximum atomic E-state index is 6.00. The third-order valence-corrected chi connectivity index (χ3v) is 4.43. The van der Waals surface area contributed by atoms with E-state index in [9.17, 15) is 0 Å². The fourth-order valence-corrected chi connectivity index (χ4v) is 2.77. The van der Waals surface area contributed by atoms with Crippen LogP contribution in [0.4, 0.5) is 0 Å². The molecule has 1 heterocycles. The first kappa shape index (κ1) is 13.3. The molecule has 1 atom stereocenters. The monoisotopic (exact) mass is 318 g/mol. The molecular weight excluding hydrogens is 304 g/mol. The summed E-state index contributed by atoms with van der Waals surface area (Å²) < 4.78 is 6.28. The minimum Gasteiger partial charge on any atom is -0.381 e. The van der Waals surface area contributed by atoms with Gasteiger partial charge in [-0.05, 0) is 52.4 Å².